The van der Waals surface area contributed by atoms with Crippen LogP contribution in [-0.2, 0) is 0 Å². The van der Waals surface area contributed by atoms with E-state index in [-0.39, 0.29) is 5.91 Å². The number of carbonyl (C=O) groups is 1. The van der Waals surface area contributed by atoms with Crippen LogP contribution in [0.3, 0.4) is 0 Å². The van der Waals surface area contributed by atoms with Crippen molar-refractivity contribution in [2.75, 3.05) is 37.6 Å². The molecule has 1 aliphatic heterocycles. The number of hydrogen-bond donors (Lipinski definition) is 1. The number of benzene rings is 2. The second kappa shape index (κ2) is 8.88. The second-order valence-corrected chi connectivity index (χ2v) is 9.96. The van der Waals surface area contributed by atoms with Gasteiger partial charge in [0.05, 0.1) is 0 Å². The van der Waals surface area contributed by atoms with E-state index in [0.717, 1.165) is 32.7 Å². The molecule has 164 valence electrons. The number of primary amides is 1. The van der Waals surface area contributed by atoms with Gasteiger partial charge < -0.3 is 10.6 Å². The number of nitrogens with zero attached hydrogens (tertiary/aromatic N) is 2. The highest BCUT2D eigenvalue weighted by Crippen LogP contribution is 2.42. The van der Waals surface area contributed by atoms with Crippen LogP contribution in [0.25, 0.3) is 5.57 Å². The lowest BCUT2D eigenvalue weighted by Gasteiger charge is -2.39. The molecule has 0 saturated carbocycles. The van der Waals surface area contributed by atoms with E-state index in [2.05, 4.69) is 54.8 Å². The maximum atomic E-state index is 11.3. The van der Waals surface area contributed by atoms with Crippen LogP contribution >= 0.6 is 0 Å². The number of hydrogen-bond acceptors (Lipinski definition) is 3. The SMILES string of the molecule is Cc1ccc(C2=C(CN3CCN(c4ccc(C(N)=O)cc4)CC3)CC(C)(C)CC2)cc1. The van der Waals surface area contributed by atoms with E-state index >= 15 is 0 Å². The largest absolute Gasteiger partial charge is 0.369 e. The molecule has 1 fully saturated rings. The van der Waals surface area contributed by atoms with E-state index in [1.165, 1.54) is 36.1 Å². The van der Waals surface area contributed by atoms with Crippen LogP contribution in [0.2, 0.25) is 0 Å². The topological polar surface area (TPSA) is 49.6 Å². The van der Waals surface area contributed by atoms with Gasteiger partial charge in [-0.1, -0.05) is 49.2 Å². The summed E-state index contributed by atoms with van der Waals surface area (Å²) in [5.74, 6) is -0.371. The van der Waals surface area contributed by atoms with E-state index in [4.69, 9.17) is 5.73 Å². The predicted molar refractivity (Wildman–Crippen MR) is 129 cm³/mol. The Morgan fingerprint density at radius 3 is 2.23 bits per heavy atom. The lowest BCUT2D eigenvalue weighted by Crippen LogP contribution is -2.47. The summed E-state index contributed by atoms with van der Waals surface area (Å²) in [7, 11) is 0. The van der Waals surface area contributed by atoms with Crippen LogP contribution in [0, 0.1) is 12.3 Å². The van der Waals surface area contributed by atoms with Gasteiger partial charge >= 0.3 is 0 Å². The summed E-state index contributed by atoms with van der Waals surface area (Å²) in [6.07, 6.45) is 3.62. The van der Waals surface area contributed by atoms with Gasteiger partial charge in [-0.25, -0.2) is 0 Å². The summed E-state index contributed by atoms with van der Waals surface area (Å²) in [4.78, 5) is 16.3. The summed E-state index contributed by atoms with van der Waals surface area (Å²) < 4.78 is 0. The van der Waals surface area contributed by atoms with Crippen LogP contribution in [0.15, 0.2) is 54.1 Å². The lowest BCUT2D eigenvalue weighted by atomic mass is 9.72. The monoisotopic (exact) mass is 417 g/mol. The molecule has 4 nitrogen and oxygen atoms in total. The molecule has 2 N–H and O–H groups in total. The van der Waals surface area contributed by atoms with Gasteiger partial charge in [-0.15, -0.1) is 0 Å². The third-order valence-corrected chi connectivity index (χ3v) is 6.87. The molecular formula is C27H35N3O. The minimum atomic E-state index is -0.371. The van der Waals surface area contributed by atoms with Crippen LogP contribution in [-0.4, -0.2) is 43.5 Å². The maximum absolute atomic E-state index is 11.3. The highest BCUT2D eigenvalue weighted by atomic mass is 16.1. The molecule has 2 aliphatic rings. The van der Waals surface area contributed by atoms with Crippen molar-refractivity contribution in [1.29, 1.82) is 0 Å². The Kier molecular flexibility index (Phi) is 6.19. The van der Waals surface area contributed by atoms with Crippen molar-refractivity contribution >= 4 is 17.2 Å². The van der Waals surface area contributed by atoms with Gasteiger partial charge in [-0.2, -0.15) is 0 Å². The van der Waals surface area contributed by atoms with Crippen molar-refractivity contribution in [3.8, 4) is 0 Å². The number of nitrogens with two attached hydrogens (primary N) is 1. The van der Waals surface area contributed by atoms with E-state index in [1.54, 1.807) is 11.1 Å². The maximum Gasteiger partial charge on any atom is 0.248 e. The first-order chi connectivity index (χ1) is 14.8. The average Bonchev–Trinajstić information content (AvgIpc) is 2.75. The van der Waals surface area contributed by atoms with Gasteiger partial charge in [0.15, 0.2) is 0 Å². The smallest absolute Gasteiger partial charge is 0.248 e. The molecule has 0 spiro atoms. The molecule has 31 heavy (non-hydrogen) atoms. The molecular weight excluding hydrogens is 382 g/mol. The van der Waals surface area contributed by atoms with Crippen molar-refractivity contribution in [3.63, 3.8) is 0 Å². The first-order valence-electron chi connectivity index (χ1n) is 11.5. The van der Waals surface area contributed by atoms with Crippen molar-refractivity contribution in [2.45, 2.75) is 40.0 Å². The standard InChI is InChI=1S/C27H35N3O/c1-20-4-6-21(7-5-20)25-12-13-27(2,3)18-23(25)19-29-14-16-30(17-15-29)24-10-8-22(9-11-24)26(28)31/h4-11H,12-19H2,1-3H3,(H2,28,31). The number of amides is 1. The van der Waals surface area contributed by atoms with Gasteiger partial charge in [0.1, 0.15) is 0 Å². The average molecular weight is 418 g/mol. The predicted octanol–water partition coefficient (Wildman–Crippen LogP) is 4.88. The van der Waals surface area contributed by atoms with Crippen LogP contribution in [0.1, 0.15) is 54.6 Å². The fraction of sp³-hybridized carbons (Fsp3) is 0.444. The quantitative estimate of drug-likeness (QED) is 0.754. The Morgan fingerprint density at radius 2 is 1.61 bits per heavy atom. The van der Waals surface area contributed by atoms with Crippen molar-refractivity contribution < 1.29 is 4.79 Å². The Bertz CT molecular complexity index is 949. The Hall–Kier alpha value is -2.59. The Labute approximate surface area is 186 Å². The fourth-order valence-electron chi connectivity index (χ4n) is 4.94. The normalized spacial score (nSPS) is 19.5. The first-order valence-corrected chi connectivity index (χ1v) is 11.5. The summed E-state index contributed by atoms with van der Waals surface area (Å²) in [6, 6.07) is 16.8. The van der Waals surface area contributed by atoms with Gasteiger partial charge in [-0.3, -0.25) is 9.69 Å². The molecule has 0 radical (unpaired) electrons. The number of piperazine rings is 1. The number of rotatable bonds is 5. The molecule has 1 amide bonds. The summed E-state index contributed by atoms with van der Waals surface area (Å²) in [5, 5.41) is 0. The van der Waals surface area contributed by atoms with E-state index in [9.17, 15) is 4.79 Å². The van der Waals surface area contributed by atoms with E-state index in [0.29, 0.717) is 11.0 Å². The molecule has 4 rings (SSSR count). The number of carbonyl (C=O) groups excluding carboxylic acids is 1. The number of aryl methyl sites for hydroxylation is 1. The highest BCUT2D eigenvalue weighted by Gasteiger charge is 2.29. The van der Waals surface area contributed by atoms with Crippen LogP contribution in [0.5, 0.6) is 0 Å². The molecule has 1 saturated heterocycles. The molecule has 2 aromatic carbocycles. The van der Waals surface area contributed by atoms with Crippen LogP contribution < -0.4 is 10.6 Å². The molecule has 0 atom stereocenters. The molecule has 1 aliphatic carbocycles. The van der Waals surface area contributed by atoms with Gasteiger partial charge in [-0.05, 0) is 67.0 Å². The lowest BCUT2D eigenvalue weighted by molar-refractivity contribution is 0.100. The zero-order valence-corrected chi connectivity index (χ0v) is 19.2. The Balaban J connectivity index is 1.45. The van der Waals surface area contributed by atoms with Crippen molar-refractivity contribution in [2.24, 2.45) is 11.1 Å². The second-order valence-electron chi connectivity index (χ2n) is 9.96. The first kappa shape index (κ1) is 21.6. The Morgan fingerprint density at radius 1 is 0.968 bits per heavy atom. The third kappa shape index (κ3) is 5.19. The number of allylic oxidation sites excluding steroid dienone is 1. The van der Waals surface area contributed by atoms with E-state index < -0.39 is 0 Å². The van der Waals surface area contributed by atoms with Crippen molar-refractivity contribution in [3.05, 3.63) is 70.8 Å². The molecule has 0 bridgehead atoms. The number of anilines is 1. The zero-order valence-electron chi connectivity index (χ0n) is 19.2. The van der Waals surface area contributed by atoms with Gasteiger partial charge in [0, 0.05) is 44.0 Å². The molecule has 1 heterocycles. The molecule has 0 aromatic heterocycles. The van der Waals surface area contributed by atoms with Gasteiger partial charge in [0.25, 0.3) is 0 Å². The fourth-order valence-corrected chi connectivity index (χ4v) is 4.94. The van der Waals surface area contributed by atoms with Gasteiger partial charge in [0.2, 0.25) is 5.91 Å². The van der Waals surface area contributed by atoms with Crippen LogP contribution in [0.4, 0.5) is 5.69 Å². The molecule has 0 unspecified atom stereocenters. The van der Waals surface area contributed by atoms with E-state index in [1.807, 2.05) is 24.3 Å². The summed E-state index contributed by atoms with van der Waals surface area (Å²) >= 11 is 0. The minimum absolute atomic E-state index is 0.371. The highest BCUT2D eigenvalue weighted by molar-refractivity contribution is 5.93. The summed E-state index contributed by atoms with van der Waals surface area (Å²) in [5.41, 5.74) is 13.4. The summed E-state index contributed by atoms with van der Waals surface area (Å²) in [6.45, 7) is 12.2. The van der Waals surface area contributed by atoms with Crippen molar-refractivity contribution in [1.82, 2.24) is 4.90 Å². The molecule has 2 aromatic rings. The minimum Gasteiger partial charge on any atom is -0.369 e. The molecule has 4 heteroatoms. The zero-order chi connectivity index (χ0) is 22.0. The third-order valence-electron chi connectivity index (χ3n) is 6.87.